The minimum Gasteiger partial charge on any atom is -0.113 e. The lowest BCUT2D eigenvalue weighted by molar-refractivity contribution is 1.50. The Bertz CT molecular complexity index is 17.6. The van der Waals surface area contributed by atoms with Crippen LogP contribution in [0.5, 0.6) is 0 Å². The normalized spacial score (nSPS) is 9.60. The summed E-state index contributed by atoms with van der Waals surface area (Å²) in [5.74, 6) is 0. The average Bonchev–Trinajstić information content (AvgIpc) is 1.38. The molecule has 0 aliphatic carbocycles. The third-order valence-electron chi connectivity index (χ3n) is 0.632. The van der Waals surface area contributed by atoms with E-state index in [1.54, 1.807) is 0 Å². The topological polar surface area (TPSA) is 0 Å². The predicted octanol–water partition coefficient (Wildman–Crippen LogP) is 1.75. The second-order valence-electron chi connectivity index (χ2n) is 1.40. The summed E-state index contributed by atoms with van der Waals surface area (Å²) in [6.45, 7) is 6.80. The molecule has 0 aromatic carbocycles. The molecule has 0 N–H and O–H groups in total. The summed E-state index contributed by atoms with van der Waals surface area (Å²) in [5, 5.41) is 0. The molecule has 0 aliphatic rings. The molecule has 0 saturated heterocycles. The van der Waals surface area contributed by atoms with Gasteiger partial charge in [0.05, 0.1) is 0 Å². The van der Waals surface area contributed by atoms with Crippen LogP contribution >= 0.6 is 7.92 Å². The van der Waals surface area contributed by atoms with E-state index in [2.05, 4.69) is 20.3 Å². The van der Waals surface area contributed by atoms with Crippen molar-refractivity contribution in [1.29, 1.82) is 0 Å². The van der Waals surface area contributed by atoms with E-state index in [0.29, 0.717) is 7.92 Å². The molecular formula is C4H11P. The van der Waals surface area contributed by atoms with E-state index in [1.807, 2.05) is 0 Å². The Morgan fingerprint density at radius 1 is 1.40 bits per heavy atom. The van der Waals surface area contributed by atoms with Crippen molar-refractivity contribution in [3.8, 4) is 0 Å². The van der Waals surface area contributed by atoms with Gasteiger partial charge in [0.15, 0.2) is 0 Å². The van der Waals surface area contributed by atoms with Gasteiger partial charge in [0.2, 0.25) is 0 Å². The molecule has 5 heavy (non-hydrogen) atoms. The molecule has 0 saturated carbocycles. The molecule has 0 radical (unpaired) electrons. The molecule has 0 amide bonds. The van der Waals surface area contributed by atoms with E-state index < -0.39 is 0 Å². The molecular weight excluding hydrogens is 79.0 g/mol. The summed E-state index contributed by atoms with van der Waals surface area (Å²) in [4.78, 5) is 0. The van der Waals surface area contributed by atoms with E-state index in [-0.39, 0.29) is 0 Å². The highest BCUT2D eigenvalue weighted by atomic mass is 31.1. The third-order valence-corrected chi connectivity index (χ3v) is 1.90. The van der Waals surface area contributed by atoms with Crippen LogP contribution in [0.1, 0.15) is 6.92 Å². The van der Waals surface area contributed by atoms with Gasteiger partial charge >= 0.3 is 0 Å². The maximum atomic E-state index is 2.29. The summed E-state index contributed by atoms with van der Waals surface area (Å²) >= 11 is 0. The molecule has 0 bridgehead atoms. The minimum absolute atomic E-state index is 0.402. The zero-order valence-corrected chi connectivity index (χ0v) is 5.05. The Balaban J connectivity index is 2.54. The van der Waals surface area contributed by atoms with Crippen LogP contribution in [0.25, 0.3) is 0 Å². The van der Waals surface area contributed by atoms with E-state index in [9.17, 15) is 0 Å². The fourth-order valence-corrected chi connectivity index (χ4v) is 0. The molecule has 0 atom stereocenters. The molecule has 0 spiro atoms. The van der Waals surface area contributed by atoms with Crippen LogP contribution in [-0.4, -0.2) is 19.5 Å². The van der Waals surface area contributed by atoms with E-state index in [1.165, 1.54) is 6.16 Å². The van der Waals surface area contributed by atoms with E-state index in [4.69, 9.17) is 0 Å². The SMILES string of the molecule is CCP(C)C. The molecule has 0 rings (SSSR count). The standard InChI is InChI=1S/C4H11P/c1-4-5(2)3/h4H2,1-3H3. The Hall–Kier alpha value is 0.430. The summed E-state index contributed by atoms with van der Waals surface area (Å²) in [5.41, 5.74) is 0. The molecule has 32 valence electrons. The van der Waals surface area contributed by atoms with Crippen molar-refractivity contribution < 1.29 is 0 Å². The van der Waals surface area contributed by atoms with Crippen LogP contribution in [0, 0.1) is 0 Å². The van der Waals surface area contributed by atoms with Crippen molar-refractivity contribution in [2.24, 2.45) is 0 Å². The lowest BCUT2D eigenvalue weighted by atomic mass is 11.0. The average molecular weight is 90.1 g/mol. The fourth-order valence-electron chi connectivity index (χ4n) is 0. The summed E-state index contributed by atoms with van der Waals surface area (Å²) < 4.78 is 0. The van der Waals surface area contributed by atoms with Gasteiger partial charge in [0.1, 0.15) is 0 Å². The minimum atomic E-state index is 0.402. The second kappa shape index (κ2) is 2.66. The zero-order valence-electron chi connectivity index (χ0n) is 4.15. The first-order chi connectivity index (χ1) is 2.27. The Labute approximate surface area is 35.3 Å². The van der Waals surface area contributed by atoms with Gasteiger partial charge in [0, 0.05) is 0 Å². The number of hydrogen-bond acceptors (Lipinski definition) is 0. The fraction of sp³-hybridized carbons (Fsp3) is 1.00. The zero-order chi connectivity index (χ0) is 4.28. The van der Waals surface area contributed by atoms with Gasteiger partial charge in [-0.3, -0.25) is 0 Å². The molecule has 0 heterocycles. The van der Waals surface area contributed by atoms with Crippen LogP contribution < -0.4 is 0 Å². The van der Waals surface area contributed by atoms with Crippen molar-refractivity contribution in [2.45, 2.75) is 6.92 Å². The Kier molecular flexibility index (Phi) is 2.88. The molecule has 1 heteroatoms. The first kappa shape index (κ1) is 5.43. The highest BCUT2D eigenvalue weighted by Gasteiger charge is 1.78. The van der Waals surface area contributed by atoms with Gasteiger partial charge in [-0.05, 0) is 19.5 Å². The molecule has 0 aliphatic heterocycles. The number of hydrogen-bond donors (Lipinski definition) is 0. The van der Waals surface area contributed by atoms with Gasteiger partial charge < -0.3 is 0 Å². The van der Waals surface area contributed by atoms with Crippen molar-refractivity contribution in [2.75, 3.05) is 19.5 Å². The Morgan fingerprint density at radius 2 is 1.60 bits per heavy atom. The molecule has 0 aromatic heterocycles. The van der Waals surface area contributed by atoms with Gasteiger partial charge in [-0.25, -0.2) is 0 Å². The smallest absolute Gasteiger partial charge is 0.0359 e. The molecule has 0 aromatic rings. The van der Waals surface area contributed by atoms with Gasteiger partial charge in [-0.15, -0.1) is 7.92 Å². The third kappa shape index (κ3) is 4.43. The van der Waals surface area contributed by atoms with Crippen LogP contribution in [0.4, 0.5) is 0 Å². The van der Waals surface area contributed by atoms with Gasteiger partial charge in [-0.2, -0.15) is 0 Å². The van der Waals surface area contributed by atoms with Crippen molar-refractivity contribution >= 4 is 7.92 Å². The van der Waals surface area contributed by atoms with E-state index in [0.717, 1.165) is 0 Å². The number of rotatable bonds is 1. The second-order valence-corrected chi connectivity index (χ2v) is 4.19. The summed E-state index contributed by atoms with van der Waals surface area (Å²) in [7, 11) is 0.402. The lowest BCUT2D eigenvalue weighted by Crippen LogP contribution is -1.65. The molecule has 0 nitrogen and oxygen atoms in total. The first-order valence-corrected chi connectivity index (χ1v) is 4.34. The van der Waals surface area contributed by atoms with Crippen LogP contribution in [0.2, 0.25) is 0 Å². The largest absolute Gasteiger partial charge is 0.113 e. The summed E-state index contributed by atoms with van der Waals surface area (Å²) in [6.07, 6.45) is 1.37. The van der Waals surface area contributed by atoms with Crippen molar-refractivity contribution in [1.82, 2.24) is 0 Å². The van der Waals surface area contributed by atoms with Gasteiger partial charge in [-0.1, -0.05) is 6.92 Å². The molecule has 0 unspecified atom stereocenters. The van der Waals surface area contributed by atoms with Crippen LogP contribution in [0.15, 0.2) is 0 Å². The van der Waals surface area contributed by atoms with E-state index >= 15 is 0 Å². The van der Waals surface area contributed by atoms with Crippen molar-refractivity contribution in [3.05, 3.63) is 0 Å². The molecule has 0 fully saturated rings. The summed E-state index contributed by atoms with van der Waals surface area (Å²) in [6, 6.07) is 0. The quantitative estimate of drug-likeness (QED) is 0.430. The monoisotopic (exact) mass is 90.1 g/mol. The van der Waals surface area contributed by atoms with Crippen LogP contribution in [0.3, 0.4) is 0 Å². The van der Waals surface area contributed by atoms with Crippen molar-refractivity contribution in [3.63, 3.8) is 0 Å². The first-order valence-electron chi connectivity index (χ1n) is 1.92. The lowest BCUT2D eigenvalue weighted by Gasteiger charge is -1.92. The van der Waals surface area contributed by atoms with Gasteiger partial charge in [0.25, 0.3) is 0 Å². The maximum Gasteiger partial charge on any atom is -0.0359 e. The highest BCUT2D eigenvalue weighted by molar-refractivity contribution is 7.55. The Morgan fingerprint density at radius 3 is 1.60 bits per heavy atom. The van der Waals surface area contributed by atoms with Crippen LogP contribution in [-0.2, 0) is 0 Å². The predicted molar refractivity (Wildman–Crippen MR) is 29.3 cm³/mol. The highest BCUT2D eigenvalue weighted by Crippen LogP contribution is 2.21. The maximum absolute atomic E-state index is 2.29.